The van der Waals surface area contributed by atoms with E-state index in [1.54, 1.807) is 6.92 Å². The predicted octanol–water partition coefficient (Wildman–Crippen LogP) is 2.24. The minimum Gasteiger partial charge on any atom is -0.464 e. The number of hydrogen-bond donors (Lipinski definition) is 1. The first-order valence-electron chi connectivity index (χ1n) is 6.33. The highest BCUT2D eigenvalue weighted by molar-refractivity contribution is 5.70. The molecule has 1 rings (SSSR count). The first-order chi connectivity index (χ1) is 8.77. The van der Waals surface area contributed by atoms with Gasteiger partial charge in [0, 0.05) is 12.2 Å². The molecule has 0 aliphatic carbocycles. The zero-order valence-corrected chi connectivity index (χ0v) is 11.1. The first-order valence-corrected chi connectivity index (χ1v) is 6.33. The minimum absolute atomic E-state index is 0.0188. The third kappa shape index (κ3) is 5.19. The number of rotatable bonds is 8. The second kappa shape index (κ2) is 8.53. The predicted molar refractivity (Wildman–Crippen MR) is 71.8 cm³/mol. The van der Waals surface area contributed by atoms with Crippen molar-refractivity contribution >= 4 is 11.7 Å². The van der Waals surface area contributed by atoms with Crippen molar-refractivity contribution in [3.8, 4) is 0 Å². The molecule has 0 atom stereocenters. The number of hydrogen-bond acceptors (Lipinski definition) is 4. The second-order valence-electron chi connectivity index (χ2n) is 3.80. The highest BCUT2D eigenvalue weighted by Crippen LogP contribution is 2.14. The molecule has 0 amide bonds. The third-order valence-electron chi connectivity index (χ3n) is 2.49. The van der Waals surface area contributed by atoms with Crippen LogP contribution in [-0.2, 0) is 20.7 Å². The van der Waals surface area contributed by atoms with E-state index >= 15 is 0 Å². The summed E-state index contributed by atoms with van der Waals surface area (Å²) >= 11 is 0. The summed E-state index contributed by atoms with van der Waals surface area (Å²) in [5.74, 6) is -0.313. The molecule has 1 aromatic carbocycles. The number of carbonyl (C=O) groups excluding carboxylic acids is 1. The van der Waals surface area contributed by atoms with Gasteiger partial charge in [-0.05, 0) is 25.0 Å². The molecule has 0 saturated heterocycles. The molecule has 0 aromatic heterocycles. The molecule has 0 radical (unpaired) electrons. The number of carbonyl (C=O) groups is 1. The minimum atomic E-state index is -0.313. The van der Waals surface area contributed by atoms with Gasteiger partial charge in [-0.2, -0.15) is 0 Å². The van der Waals surface area contributed by atoms with Crippen LogP contribution in [0.1, 0.15) is 19.4 Å². The highest BCUT2D eigenvalue weighted by Gasteiger charge is 2.01. The molecule has 0 bridgehead atoms. The molecule has 0 aliphatic heterocycles. The Hall–Kier alpha value is -1.55. The van der Waals surface area contributed by atoms with Gasteiger partial charge in [0.25, 0.3) is 0 Å². The summed E-state index contributed by atoms with van der Waals surface area (Å²) in [5, 5.41) is 3.29. The second-order valence-corrected chi connectivity index (χ2v) is 3.80. The van der Waals surface area contributed by atoms with Gasteiger partial charge in [-0.15, -0.1) is 0 Å². The van der Waals surface area contributed by atoms with Crippen molar-refractivity contribution in [1.82, 2.24) is 0 Å². The molecular weight excluding hydrogens is 230 g/mol. The van der Waals surface area contributed by atoms with E-state index < -0.39 is 0 Å². The van der Waals surface area contributed by atoms with E-state index in [2.05, 4.69) is 18.3 Å². The summed E-state index contributed by atoms with van der Waals surface area (Å²) < 4.78 is 9.97. The average molecular weight is 251 g/mol. The van der Waals surface area contributed by atoms with Gasteiger partial charge in [-0.3, -0.25) is 0 Å². The Balaban J connectivity index is 2.19. The Labute approximate surface area is 108 Å². The zero-order chi connectivity index (χ0) is 13.2. The van der Waals surface area contributed by atoms with Crippen LogP contribution in [0.5, 0.6) is 0 Å². The van der Waals surface area contributed by atoms with Crippen molar-refractivity contribution in [2.45, 2.75) is 20.3 Å². The Bertz CT molecular complexity index is 366. The van der Waals surface area contributed by atoms with Gasteiger partial charge < -0.3 is 14.8 Å². The van der Waals surface area contributed by atoms with Crippen LogP contribution in [0.4, 0.5) is 5.69 Å². The lowest BCUT2D eigenvalue weighted by Gasteiger charge is -2.10. The van der Waals surface area contributed by atoms with Crippen LogP contribution in [0, 0.1) is 0 Å². The number of esters is 1. The molecule has 18 heavy (non-hydrogen) atoms. The van der Waals surface area contributed by atoms with E-state index in [-0.39, 0.29) is 12.6 Å². The van der Waals surface area contributed by atoms with Crippen molar-refractivity contribution in [3.05, 3.63) is 29.8 Å². The summed E-state index contributed by atoms with van der Waals surface area (Å²) in [7, 11) is 0. The summed E-state index contributed by atoms with van der Waals surface area (Å²) in [5.41, 5.74) is 2.41. The molecule has 0 fully saturated rings. The Morgan fingerprint density at radius 2 is 2.06 bits per heavy atom. The van der Waals surface area contributed by atoms with Crippen LogP contribution in [0.3, 0.4) is 0 Å². The van der Waals surface area contributed by atoms with E-state index in [4.69, 9.17) is 9.47 Å². The van der Waals surface area contributed by atoms with Gasteiger partial charge in [-0.25, -0.2) is 4.79 Å². The van der Waals surface area contributed by atoms with Crippen molar-refractivity contribution in [2.24, 2.45) is 0 Å². The standard InChI is InChI=1S/C14H21NO3/c1-3-12-7-5-6-8-13(12)15-9-10-17-11-14(16)18-4-2/h5-8,15H,3-4,9-11H2,1-2H3. The molecule has 4 nitrogen and oxygen atoms in total. The van der Waals surface area contributed by atoms with E-state index in [1.807, 2.05) is 18.2 Å². The lowest BCUT2D eigenvalue weighted by Crippen LogP contribution is -2.17. The monoisotopic (exact) mass is 251 g/mol. The van der Waals surface area contributed by atoms with Crippen molar-refractivity contribution in [1.29, 1.82) is 0 Å². The van der Waals surface area contributed by atoms with E-state index in [0.717, 1.165) is 12.1 Å². The first kappa shape index (κ1) is 14.5. The molecule has 1 N–H and O–H groups in total. The van der Waals surface area contributed by atoms with Crippen LogP contribution in [0.25, 0.3) is 0 Å². The van der Waals surface area contributed by atoms with E-state index in [1.165, 1.54) is 5.56 Å². The number of ether oxygens (including phenoxy) is 2. The van der Waals surface area contributed by atoms with Gasteiger partial charge >= 0.3 is 5.97 Å². The van der Waals surface area contributed by atoms with Crippen LogP contribution >= 0.6 is 0 Å². The third-order valence-corrected chi connectivity index (χ3v) is 2.49. The molecule has 0 unspecified atom stereocenters. The van der Waals surface area contributed by atoms with E-state index in [0.29, 0.717) is 19.8 Å². The molecule has 100 valence electrons. The molecular formula is C14H21NO3. The molecule has 1 aromatic rings. The maximum Gasteiger partial charge on any atom is 0.332 e. The molecule has 0 spiro atoms. The highest BCUT2D eigenvalue weighted by atomic mass is 16.6. The van der Waals surface area contributed by atoms with Crippen molar-refractivity contribution in [2.75, 3.05) is 31.7 Å². The maximum atomic E-state index is 11.0. The SMILES string of the molecule is CCOC(=O)COCCNc1ccccc1CC. The van der Waals surface area contributed by atoms with E-state index in [9.17, 15) is 4.79 Å². The van der Waals surface area contributed by atoms with Gasteiger partial charge in [0.1, 0.15) is 6.61 Å². The molecule has 4 heteroatoms. The molecule has 0 aliphatic rings. The smallest absolute Gasteiger partial charge is 0.332 e. The van der Waals surface area contributed by atoms with Crippen LogP contribution in [0.2, 0.25) is 0 Å². The van der Waals surface area contributed by atoms with Crippen LogP contribution in [-0.4, -0.2) is 32.3 Å². The Kier molecular flexibility index (Phi) is 6.87. The number of anilines is 1. The largest absolute Gasteiger partial charge is 0.464 e. The summed E-state index contributed by atoms with van der Waals surface area (Å²) in [6.07, 6.45) is 0.993. The summed E-state index contributed by atoms with van der Waals surface area (Å²) in [6.45, 7) is 5.47. The lowest BCUT2D eigenvalue weighted by molar-refractivity contribution is -0.148. The van der Waals surface area contributed by atoms with Gasteiger partial charge in [0.2, 0.25) is 0 Å². The zero-order valence-electron chi connectivity index (χ0n) is 11.1. The van der Waals surface area contributed by atoms with Crippen molar-refractivity contribution in [3.63, 3.8) is 0 Å². The van der Waals surface area contributed by atoms with Crippen molar-refractivity contribution < 1.29 is 14.3 Å². The average Bonchev–Trinajstić information content (AvgIpc) is 2.39. The Morgan fingerprint density at radius 1 is 1.28 bits per heavy atom. The summed E-state index contributed by atoms with van der Waals surface area (Å²) in [4.78, 5) is 11.0. The maximum absolute atomic E-state index is 11.0. The Morgan fingerprint density at radius 3 is 2.78 bits per heavy atom. The van der Waals surface area contributed by atoms with Gasteiger partial charge in [0.15, 0.2) is 0 Å². The number of para-hydroxylation sites is 1. The molecule has 0 heterocycles. The fraction of sp³-hybridized carbons (Fsp3) is 0.500. The van der Waals surface area contributed by atoms with Crippen LogP contribution in [0.15, 0.2) is 24.3 Å². The number of benzene rings is 1. The quantitative estimate of drug-likeness (QED) is 0.568. The lowest BCUT2D eigenvalue weighted by atomic mass is 10.1. The normalized spacial score (nSPS) is 10.1. The topological polar surface area (TPSA) is 47.6 Å². The van der Waals surface area contributed by atoms with Gasteiger partial charge in [0.05, 0.1) is 13.2 Å². The molecule has 0 saturated carbocycles. The summed E-state index contributed by atoms with van der Waals surface area (Å²) in [6, 6.07) is 8.17. The fourth-order valence-electron chi connectivity index (χ4n) is 1.62. The number of aryl methyl sites for hydroxylation is 1. The number of nitrogens with one attached hydrogen (secondary N) is 1. The van der Waals surface area contributed by atoms with Crippen LogP contribution < -0.4 is 5.32 Å². The van der Waals surface area contributed by atoms with Gasteiger partial charge in [-0.1, -0.05) is 25.1 Å². The fourth-order valence-corrected chi connectivity index (χ4v) is 1.62.